The maximum absolute atomic E-state index is 12.9. The quantitative estimate of drug-likeness (QED) is 0.802. The van der Waals surface area contributed by atoms with Gasteiger partial charge in [-0.25, -0.2) is 8.78 Å². The summed E-state index contributed by atoms with van der Waals surface area (Å²) in [5, 5.41) is 2.46. The maximum Gasteiger partial charge on any atom is 0.224 e. The van der Waals surface area contributed by atoms with Crippen LogP contribution in [0.1, 0.15) is 5.56 Å². The SMILES string of the molecule is CNC(=O)C(CN)Cc1cc(F)cc(F)c1. The van der Waals surface area contributed by atoms with Gasteiger partial charge in [0, 0.05) is 19.7 Å². The number of nitrogens with two attached hydrogens (primary N) is 1. The highest BCUT2D eigenvalue weighted by molar-refractivity contribution is 5.78. The first-order valence-corrected chi connectivity index (χ1v) is 4.93. The number of carbonyl (C=O) groups is 1. The van der Waals surface area contributed by atoms with E-state index in [2.05, 4.69) is 5.32 Å². The molecule has 0 heterocycles. The van der Waals surface area contributed by atoms with Gasteiger partial charge in [-0.05, 0) is 24.1 Å². The fourth-order valence-corrected chi connectivity index (χ4v) is 1.50. The van der Waals surface area contributed by atoms with Gasteiger partial charge in [0.15, 0.2) is 0 Å². The molecule has 0 saturated carbocycles. The van der Waals surface area contributed by atoms with E-state index in [0.29, 0.717) is 5.56 Å². The maximum atomic E-state index is 12.9. The third-order valence-corrected chi connectivity index (χ3v) is 2.31. The van der Waals surface area contributed by atoms with E-state index < -0.39 is 17.6 Å². The van der Waals surface area contributed by atoms with Gasteiger partial charge in [0.2, 0.25) is 5.91 Å². The van der Waals surface area contributed by atoms with Gasteiger partial charge in [-0.3, -0.25) is 4.79 Å². The average molecular weight is 228 g/mol. The predicted octanol–water partition coefficient (Wildman–Crippen LogP) is 0.828. The Hall–Kier alpha value is -1.49. The molecule has 0 aliphatic rings. The van der Waals surface area contributed by atoms with Crippen LogP contribution >= 0.6 is 0 Å². The normalized spacial score (nSPS) is 12.2. The molecule has 3 N–H and O–H groups in total. The molecule has 1 rings (SSSR count). The van der Waals surface area contributed by atoms with Gasteiger partial charge in [0.1, 0.15) is 11.6 Å². The van der Waals surface area contributed by atoms with Crippen molar-refractivity contribution >= 4 is 5.91 Å². The van der Waals surface area contributed by atoms with Crippen LogP contribution in [0.25, 0.3) is 0 Å². The Morgan fingerprint density at radius 2 is 1.94 bits per heavy atom. The number of benzene rings is 1. The van der Waals surface area contributed by atoms with Gasteiger partial charge in [-0.1, -0.05) is 0 Å². The van der Waals surface area contributed by atoms with Gasteiger partial charge >= 0.3 is 0 Å². The van der Waals surface area contributed by atoms with Gasteiger partial charge in [-0.15, -0.1) is 0 Å². The Kier molecular flexibility index (Phi) is 4.37. The Morgan fingerprint density at radius 1 is 1.38 bits per heavy atom. The molecule has 88 valence electrons. The van der Waals surface area contributed by atoms with E-state index in [1.807, 2.05) is 0 Å². The van der Waals surface area contributed by atoms with E-state index >= 15 is 0 Å². The Morgan fingerprint density at radius 3 is 2.38 bits per heavy atom. The Labute approximate surface area is 92.6 Å². The van der Waals surface area contributed by atoms with E-state index in [4.69, 9.17) is 5.73 Å². The standard InChI is InChI=1S/C11H14F2N2O/c1-15-11(16)8(6-14)2-7-3-9(12)5-10(13)4-7/h3-5,8H,2,6,14H2,1H3,(H,15,16). The minimum absolute atomic E-state index is 0.137. The highest BCUT2D eigenvalue weighted by atomic mass is 19.1. The predicted molar refractivity (Wildman–Crippen MR) is 56.7 cm³/mol. The minimum Gasteiger partial charge on any atom is -0.359 e. The van der Waals surface area contributed by atoms with E-state index in [1.54, 1.807) is 0 Å². The van der Waals surface area contributed by atoms with Crippen LogP contribution in [0.4, 0.5) is 8.78 Å². The van der Waals surface area contributed by atoms with E-state index in [-0.39, 0.29) is 18.9 Å². The molecule has 1 amide bonds. The number of hydrogen-bond acceptors (Lipinski definition) is 2. The number of nitrogens with one attached hydrogen (secondary N) is 1. The van der Waals surface area contributed by atoms with Crippen LogP contribution in [0.15, 0.2) is 18.2 Å². The van der Waals surface area contributed by atoms with E-state index in [1.165, 1.54) is 19.2 Å². The Bertz CT molecular complexity index is 362. The van der Waals surface area contributed by atoms with Crippen molar-refractivity contribution in [2.24, 2.45) is 11.7 Å². The lowest BCUT2D eigenvalue weighted by Gasteiger charge is -2.13. The summed E-state index contributed by atoms with van der Waals surface area (Å²) in [7, 11) is 1.50. The van der Waals surface area contributed by atoms with Crippen molar-refractivity contribution in [3.05, 3.63) is 35.4 Å². The fourth-order valence-electron chi connectivity index (χ4n) is 1.50. The summed E-state index contributed by atoms with van der Waals surface area (Å²) in [6.45, 7) is 0.137. The van der Waals surface area contributed by atoms with Crippen LogP contribution in [0.2, 0.25) is 0 Å². The molecule has 1 aromatic carbocycles. The highest BCUT2D eigenvalue weighted by Gasteiger charge is 2.16. The van der Waals surface area contributed by atoms with E-state index in [0.717, 1.165) is 6.07 Å². The van der Waals surface area contributed by atoms with Crippen LogP contribution in [-0.4, -0.2) is 19.5 Å². The molecule has 0 aliphatic carbocycles. The van der Waals surface area contributed by atoms with Gasteiger partial charge in [-0.2, -0.15) is 0 Å². The lowest BCUT2D eigenvalue weighted by molar-refractivity contribution is -0.124. The van der Waals surface area contributed by atoms with Crippen molar-refractivity contribution < 1.29 is 13.6 Å². The van der Waals surface area contributed by atoms with E-state index in [9.17, 15) is 13.6 Å². The third kappa shape index (κ3) is 3.27. The fraction of sp³-hybridized carbons (Fsp3) is 0.364. The molecule has 1 atom stereocenters. The van der Waals surface area contributed by atoms with Crippen molar-refractivity contribution in [1.29, 1.82) is 0 Å². The van der Waals surface area contributed by atoms with Crippen molar-refractivity contribution in [1.82, 2.24) is 5.32 Å². The summed E-state index contributed by atoms with van der Waals surface area (Å²) in [5.41, 5.74) is 5.85. The zero-order chi connectivity index (χ0) is 12.1. The average Bonchev–Trinajstić information content (AvgIpc) is 2.23. The highest BCUT2D eigenvalue weighted by Crippen LogP contribution is 2.12. The summed E-state index contributed by atoms with van der Waals surface area (Å²) < 4.78 is 25.8. The third-order valence-electron chi connectivity index (χ3n) is 2.31. The number of amides is 1. The molecule has 0 aromatic heterocycles. The smallest absolute Gasteiger partial charge is 0.224 e. The topological polar surface area (TPSA) is 55.1 Å². The molecule has 0 bridgehead atoms. The molecule has 0 saturated heterocycles. The first-order chi connectivity index (χ1) is 7.56. The zero-order valence-corrected chi connectivity index (χ0v) is 8.97. The molecular formula is C11H14F2N2O. The Balaban J connectivity index is 2.81. The molecule has 3 nitrogen and oxygen atoms in total. The first kappa shape index (κ1) is 12.6. The van der Waals surface area contributed by atoms with Crippen LogP contribution < -0.4 is 11.1 Å². The summed E-state index contributed by atoms with van der Waals surface area (Å²) in [6.07, 6.45) is 0.227. The number of hydrogen-bond donors (Lipinski definition) is 2. The molecule has 0 spiro atoms. The molecular weight excluding hydrogens is 214 g/mol. The van der Waals surface area contributed by atoms with Crippen molar-refractivity contribution in [3.8, 4) is 0 Å². The molecule has 16 heavy (non-hydrogen) atoms. The molecule has 1 aromatic rings. The van der Waals surface area contributed by atoms with Crippen LogP contribution in [0.5, 0.6) is 0 Å². The second-order valence-electron chi connectivity index (χ2n) is 3.53. The molecule has 1 unspecified atom stereocenters. The lowest BCUT2D eigenvalue weighted by Crippen LogP contribution is -2.34. The second-order valence-corrected chi connectivity index (χ2v) is 3.53. The van der Waals surface area contributed by atoms with Crippen molar-refractivity contribution in [2.45, 2.75) is 6.42 Å². The van der Waals surface area contributed by atoms with Gasteiger partial charge in [0.05, 0.1) is 5.92 Å². The number of carbonyl (C=O) groups excluding carboxylic acids is 1. The molecule has 5 heteroatoms. The lowest BCUT2D eigenvalue weighted by atomic mass is 9.98. The summed E-state index contributed by atoms with van der Waals surface area (Å²) in [5.74, 6) is -2.00. The molecule has 0 radical (unpaired) electrons. The van der Waals surface area contributed by atoms with Gasteiger partial charge in [0.25, 0.3) is 0 Å². The zero-order valence-electron chi connectivity index (χ0n) is 8.97. The number of halogens is 2. The minimum atomic E-state index is -0.650. The summed E-state index contributed by atoms with van der Waals surface area (Å²) in [4.78, 5) is 11.3. The first-order valence-electron chi connectivity index (χ1n) is 4.93. The summed E-state index contributed by atoms with van der Waals surface area (Å²) >= 11 is 0. The van der Waals surface area contributed by atoms with Crippen LogP contribution in [0, 0.1) is 17.6 Å². The van der Waals surface area contributed by atoms with Crippen LogP contribution in [0.3, 0.4) is 0 Å². The van der Waals surface area contributed by atoms with Crippen molar-refractivity contribution in [3.63, 3.8) is 0 Å². The monoisotopic (exact) mass is 228 g/mol. The summed E-state index contributed by atoms with van der Waals surface area (Å²) in [6, 6.07) is 3.20. The van der Waals surface area contributed by atoms with Crippen molar-refractivity contribution in [2.75, 3.05) is 13.6 Å². The molecule has 0 fully saturated rings. The largest absolute Gasteiger partial charge is 0.359 e. The van der Waals surface area contributed by atoms with Gasteiger partial charge < -0.3 is 11.1 Å². The van der Waals surface area contributed by atoms with Crippen LogP contribution in [-0.2, 0) is 11.2 Å². The molecule has 0 aliphatic heterocycles. The number of rotatable bonds is 4. The second kappa shape index (κ2) is 5.55.